The maximum Gasteiger partial charge on any atom is 0.188 e. The summed E-state index contributed by atoms with van der Waals surface area (Å²) in [4.78, 5) is 0. The van der Waals surface area contributed by atoms with E-state index in [9.17, 15) is 0 Å². The predicted molar refractivity (Wildman–Crippen MR) is 96.4 cm³/mol. The molecule has 1 aromatic heterocycles. The van der Waals surface area contributed by atoms with E-state index >= 15 is 0 Å². The van der Waals surface area contributed by atoms with Crippen LogP contribution in [0.2, 0.25) is 5.15 Å². The molecule has 7 heteroatoms. The quantitative estimate of drug-likeness (QED) is 0.763. The molecule has 0 aliphatic carbocycles. The van der Waals surface area contributed by atoms with Gasteiger partial charge < -0.3 is 18.9 Å². The van der Waals surface area contributed by atoms with E-state index < -0.39 is 0 Å². The first kappa shape index (κ1) is 17.7. The Morgan fingerprint density at radius 2 is 2.15 bits per heavy atom. The average Bonchev–Trinajstić information content (AvgIpc) is 3.08. The molecule has 1 aromatic carbocycles. The molecule has 0 bridgehead atoms. The van der Waals surface area contributed by atoms with E-state index in [2.05, 4.69) is 10.2 Å². The third kappa shape index (κ3) is 3.18. The molecule has 2 aliphatic heterocycles. The number of methoxy groups -OCH3 is 1. The molecule has 2 aliphatic rings. The number of rotatable bonds is 4. The summed E-state index contributed by atoms with van der Waals surface area (Å²) in [6.45, 7) is 3.91. The van der Waals surface area contributed by atoms with Gasteiger partial charge in [-0.15, -0.1) is 10.2 Å². The zero-order valence-corrected chi connectivity index (χ0v) is 15.6. The first-order valence-electron chi connectivity index (χ1n) is 8.60. The Morgan fingerprint density at radius 1 is 1.27 bits per heavy atom. The van der Waals surface area contributed by atoms with Crippen molar-refractivity contribution in [3.05, 3.63) is 40.0 Å². The Bertz CT molecular complexity index is 821. The van der Waals surface area contributed by atoms with Gasteiger partial charge in [-0.1, -0.05) is 17.7 Å². The highest BCUT2D eigenvalue weighted by molar-refractivity contribution is 6.30. The first-order chi connectivity index (χ1) is 12.6. The number of hydrogen-bond acceptors (Lipinski definition) is 6. The van der Waals surface area contributed by atoms with Crippen LogP contribution in [0.4, 0.5) is 0 Å². The third-order valence-corrected chi connectivity index (χ3v) is 5.25. The van der Waals surface area contributed by atoms with Crippen LogP contribution in [0.1, 0.15) is 23.1 Å². The molecule has 0 saturated carbocycles. The molecular formula is C19H21ClN2O4. The lowest BCUT2D eigenvalue weighted by Crippen LogP contribution is -2.39. The van der Waals surface area contributed by atoms with E-state index in [1.54, 1.807) is 7.11 Å². The van der Waals surface area contributed by atoms with Gasteiger partial charge in [-0.2, -0.15) is 0 Å². The Morgan fingerprint density at radius 3 is 2.92 bits per heavy atom. The van der Waals surface area contributed by atoms with Gasteiger partial charge in [0.15, 0.2) is 11.9 Å². The maximum absolute atomic E-state index is 6.31. The smallest absolute Gasteiger partial charge is 0.188 e. The Balaban J connectivity index is 1.81. The molecule has 1 spiro atoms. The molecule has 3 heterocycles. The third-order valence-electron chi connectivity index (χ3n) is 4.95. The van der Waals surface area contributed by atoms with Crippen LogP contribution < -0.4 is 4.74 Å². The largest absolute Gasteiger partial charge is 0.467 e. The number of ether oxygens (including phenoxy) is 4. The number of hydrogen-bond donors (Lipinski definition) is 0. The summed E-state index contributed by atoms with van der Waals surface area (Å²) in [7, 11) is 1.60. The minimum atomic E-state index is -0.299. The summed E-state index contributed by atoms with van der Waals surface area (Å²) in [6, 6.07) is 6.02. The van der Waals surface area contributed by atoms with Crippen LogP contribution in [0.3, 0.4) is 0 Å². The molecule has 0 radical (unpaired) electrons. The highest BCUT2D eigenvalue weighted by atomic mass is 35.5. The second-order valence-electron chi connectivity index (χ2n) is 6.80. The Labute approximate surface area is 157 Å². The lowest BCUT2D eigenvalue weighted by Gasteiger charge is -2.34. The lowest BCUT2D eigenvalue weighted by molar-refractivity contribution is -0.0695. The van der Waals surface area contributed by atoms with E-state index in [4.69, 9.17) is 30.5 Å². The monoisotopic (exact) mass is 376 g/mol. The fourth-order valence-electron chi connectivity index (χ4n) is 3.54. The summed E-state index contributed by atoms with van der Waals surface area (Å²) < 4.78 is 22.5. The summed E-state index contributed by atoms with van der Waals surface area (Å²) in [6.07, 6.45) is 1.57. The van der Waals surface area contributed by atoms with E-state index in [1.165, 1.54) is 0 Å². The molecule has 1 atom stereocenters. The topological polar surface area (TPSA) is 62.7 Å². The lowest BCUT2D eigenvalue weighted by atomic mass is 9.86. The first-order valence-corrected chi connectivity index (χ1v) is 8.98. The van der Waals surface area contributed by atoms with Crippen molar-refractivity contribution >= 4 is 11.6 Å². The van der Waals surface area contributed by atoms with Crippen molar-refractivity contribution in [2.45, 2.75) is 32.0 Å². The zero-order valence-electron chi connectivity index (χ0n) is 14.9. The van der Waals surface area contributed by atoms with Crippen LogP contribution in [0, 0.1) is 6.92 Å². The zero-order chi connectivity index (χ0) is 18.1. The van der Waals surface area contributed by atoms with Crippen LogP contribution in [0.15, 0.2) is 18.2 Å². The van der Waals surface area contributed by atoms with Crippen molar-refractivity contribution in [1.82, 2.24) is 10.2 Å². The second kappa shape index (κ2) is 7.12. The van der Waals surface area contributed by atoms with E-state index in [0.29, 0.717) is 37.1 Å². The minimum Gasteiger partial charge on any atom is -0.467 e. The molecule has 0 N–H and O–H groups in total. The number of aryl methyl sites for hydroxylation is 1. The fraction of sp³-hybridized carbons (Fsp3) is 0.474. The normalized spacial score (nSPS) is 21.8. The van der Waals surface area contributed by atoms with Crippen LogP contribution in [-0.2, 0) is 27.2 Å². The summed E-state index contributed by atoms with van der Waals surface area (Å²) in [5.41, 5.74) is 4.42. The van der Waals surface area contributed by atoms with Crippen LogP contribution >= 0.6 is 11.6 Å². The molecule has 1 unspecified atom stereocenters. The van der Waals surface area contributed by atoms with Crippen LogP contribution in [0.25, 0.3) is 11.3 Å². The van der Waals surface area contributed by atoms with E-state index in [0.717, 1.165) is 34.4 Å². The molecule has 1 fully saturated rings. The molecular weight excluding hydrogens is 356 g/mol. The van der Waals surface area contributed by atoms with Crippen molar-refractivity contribution in [2.75, 3.05) is 27.1 Å². The summed E-state index contributed by atoms with van der Waals surface area (Å²) >= 11 is 6.31. The highest BCUT2D eigenvalue weighted by Gasteiger charge is 2.41. The van der Waals surface area contributed by atoms with Crippen molar-refractivity contribution < 1.29 is 18.9 Å². The summed E-state index contributed by atoms with van der Waals surface area (Å²) in [5, 5.41) is 8.95. The van der Waals surface area contributed by atoms with Gasteiger partial charge in [0.05, 0.1) is 18.8 Å². The predicted octanol–water partition coefficient (Wildman–Crippen LogP) is 3.32. The minimum absolute atomic E-state index is 0.167. The van der Waals surface area contributed by atoms with Crippen molar-refractivity contribution in [1.29, 1.82) is 0 Å². The molecule has 26 heavy (non-hydrogen) atoms. The number of aromatic nitrogens is 2. The number of nitrogens with zero attached hydrogens (tertiary/aromatic N) is 2. The highest BCUT2D eigenvalue weighted by Crippen LogP contribution is 2.41. The number of fused-ring (bicyclic) bond motifs is 1. The van der Waals surface area contributed by atoms with Crippen LogP contribution in [0.5, 0.6) is 5.75 Å². The van der Waals surface area contributed by atoms with Gasteiger partial charge in [-0.3, -0.25) is 0 Å². The maximum atomic E-state index is 6.31. The van der Waals surface area contributed by atoms with Gasteiger partial charge in [0.25, 0.3) is 0 Å². The average molecular weight is 377 g/mol. The SMILES string of the molecule is COCOc1cc(C)ccc1-c1nnc(Cl)c2c1CC1(CCOC1)OC2. The molecule has 138 valence electrons. The molecule has 6 nitrogen and oxygen atoms in total. The van der Waals surface area contributed by atoms with Crippen molar-refractivity contribution in [2.24, 2.45) is 0 Å². The van der Waals surface area contributed by atoms with Gasteiger partial charge in [0.1, 0.15) is 11.4 Å². The van der Waals surface area contributed by atoms with Crippen LogP contribution in [-0.4, -0.2) is 42.9 Å². The standard InChI is InChI=1S/C19H21ClN2O4/c1-12-3-4-13(16(7-12)25-11-23-2)17-14-8-19(5-6-24-10-19)26-9-15(14)18(20)22-21-17/h3-4,7H,5-6,8-11H2,1-2H3. The molecule has 2 aromatic rings. The van der Waals surface area contributed by atoms with Gasteiger partial charge in [0, 0.05) is 37.7 Å². The Hall–Kier alpha value is -1.73. The van der Waals surface area contributed by atoms with Gasteiger partial charge in [-0.25, -0.2) is 0 Å². The second-order valence-corrected chi connectivity index (χ2v) is 7.16. The van der Waals surface area contributed by atoms with Gasteiger partial charge >= 0.3 is 0 Å². The van der Waals surface area contributed by atoms with Crippen molar-refractivity contribution in [3.8, 4) is 17.0 Å². The fourth-order valence-corrected chi connectivity index (χ4v) is 3.75. The van der Waals surface area contributed by atoms with Crippen molar-refractivity contribution in [3.63, 3.8) is 0 Å². The van der Waals surface area contributed by atoms with E-state index in [1.807, 2.05) is 25.1 Å². The number of benzene rings is 1. The Kier molecular flexibility index (Phi) is 4.84. The molecule has 4 rings (SSSR count). The molecule has 0 amide bonds. The van der Waals surface area contributed by atoms with Gasteiger partial charge in [-0.05, 0) is 30.2 Å². The number of halogens is 1. The summed E-state index contributed by atoms with van der Waals surface area (Å²) in [5.74, 6) is 0.717. The van der Waals surface area contributed by atoms with E-state index in [-0.39, 0.29) is 12.4 Å². The molecule has 1 saturated heterocycles. The van der Waals surface area contributed by atoms with Gasteiger partial charge in [0.2, 0.25) is 0 Å².